The predicted molar refractivity (Wildman–Crippen MR) is 71.9 cm³/mol. The molecule has 20 heavy (non-hydrogen) atoms. The van der Waals surface area contributed by atoms with Gasteiger partial charge in [-0.2, -0.15) is 0 Å². The van der Waals surface area contributed by atoms with Gasteiger partial charge in [-0.15, -0.1) is 13.2 Å². The van der Waals surface area contributed by atoms with Crippen LogP contribution in [0.2, 0.25) is 0 Å². The Balaban J connectivity index is 1.60. The van der Waals surface area contributed by atoms with Crippen molar-refractivity contribution in [2.45, 2.75) is 62.2 Å². The van der Waals surface area contributed by atoms with E-state index in [-0.39, 0.29) is 12.0 Å². The zero-order valence-electron chi connectivity index (χ0n) is 11.4. The summed E-state index contributed by atoms with van der Waals surface area (Å²) in [5, 5.41) is 20.4. The van der Waals surface area contributed by atoms with Crippen molar-refractivity contribution in [3.05, 3.63) is 25.3 Å². The molecule has 0 aromatic rings. The lowest BCUT2D eigenvalue weighted by atomic mass is 9.89. The van der Waals surface area contributed by atoms with E-state index >= 15 is 0 Å². The number of hydrogen-bond acceptors (Lipinski definition) is 5. The average Bonchev–Trinajstić information content (AvgIpc) is 3.18. The minimum absolute atomic E-state index is 0.0548. The van der Waals surface area contributed by atoms with Crippen molar-refractivity contribution in [3.63, 3.8) is 0 Å². The summed E-state index contributed by atoms with van der Waals surface area (Å²) >= 11 is 0. The highest BCUT2D eigenvalue weighted by atomic mass is 16.6. The standard InChI is InChI=1S/C15H22O5/c1-3-9-13(16)14(10(4-2)18-9)20-15(17)8-5-6-11-12(7-8)19-11/h3-4,8-17H,1-2,5-7H2. The molecular formula is C15H22O5. The molecular weight excluding hydrogens is 260 g/mol. The van der Waals surface area contributed by atoms with Crippen molar-refractivity contribution in [3.8, 4) is 0 Å². The van der Waals surface area contributed by atoms with Gasteiger partial charge in [0.15, 0.2) is 6.29 Å². The second-order valence-electron chi connectivity index (χ2n) is 5.80. The van der Waals surface area contributed by atoms with Gasteiger partial charge in [-0.1, -0.05) is 12.2 Å². The van der Waals surface area contributed by atoms with Crippen molar-refractivity contribution in [1.29, 1.82) is 0 Å². The molecule has 2 N–H and O–H groups in total. The summed E-state index contributed by atoms with van der Waals surface area (Å²) in [4.78, 5) is 0. The van der Waals surface area contributed by atoms with Crippen LogP contribution in [0.5, 0.6) is 0 Å². The Labute approximate surface area is 118 Å². The molecule has 8 unspecified atom stereocenters. The van der Waals surface area contributed by atoms with Crippen LogP contribution in [-0.4, -0.2) is 53.1 Å². The average molecular weight is 282 g/mol. The second-order valence-corrected chi connectivity index (χ2v) is 5.80. The molecule has 112 valence electrons. The van der Waals surface area contributed by atoms with Crippen LogP contribution in [0, 0.1) is 5.92 Å². The molecule has 3 aliphatic rings. The Kier molecular flexibility index (Phi) is 3.97. The van der Waals surface area contributed by atoms with Crippen LogP contribution in [0.15, 0.2) is 25.3 Å². The van der Waals surface area contributed by atoms with E-state index in [0.717, 1.165) is 19.3 Å². The van der Waals surface area contributed by atoms with Crippen molar-refractivity contribution >= 4 is 0 Å². The number of aliphatic hydroxyl groups excluding tert-OH is 2. The number of ether oxygens (including phenoxy) is 3. The number of rotatable bonds is 5. The number of hydrogen-bond donors (Lipinski definition) is 2. The maximum absolute atomic E-state index is 10.3. The third kappa shape index (κ3) is 2.56. The van der Waals surface area contributed by atoms with Gasteiger partial charge in [0.1, 0.15) is 24.4 Å². The van der Waals surface area contributed by atoms with Gasteiger partial charge in [0, 0.05) is 5.92 Å². The summed E-state index contributed by atoms with van der Waals surface area (Å²) in [5.41, 5.74) is 0. The maximum atomic E-state index is 10.3. The summed E-state index contributed by atoms with van der Waals surface area (Å²) in [7, 11) is 0. The Bertz CT molecular complexity index is 384. The summed E-state index contributed by atoms with van der Waals surface area (Å²) in [6, 6.07) is 0. The molecule has 3 rings (SSSR count). The largest absolute Gasteiger partial charge is 0.387 e. The van der Waals surface area contributed by atoms with E-state index in [2.05, 4.69) is 13.2 Å². The van der Waals surface area contributed by atoms with Crippen LogP contribution in [-0.2, 0) is 14.2 Å². The Morgan fingerprint density at radius 3 is 2.50 bits per heavy atom. The lowest BCUT2D eigenvalue weighted by Crippen LogP contribution is -2.40. The van der Waals surface area contributed by atoms with Crippen LogP contribution in [0.25, 0.3) is 0 Å². The first kappa shape index (κ1) is 14.2. The molecule has 1 saturated carbocycles. The molecule has 0 spiro atoms. The Morgan fingerprint density at radius 1 is 1.10 bits per heavy atom. The summed E-state index contributed by atoms with van der Waals surface area (Å²) in [6.07, 6.45) is 3.21. The highest BCUT2D eigenvalue weighted by molar-refractivity contribution is 5.05. The van der Waals surface area contributed by atoms with E-state index in [1.807, 2.05) is 0 Å². The molecule has 8 atom stereocenters. The van der Waals surface area contributed by atoms with Gasteiger partial charge in [0.2, 0.25) is 0 Å². The smallest absolute Gasteiger partial charge is 0.158 e. The molecule has 0 amide bonds. The molecule has 5 heteroatoms. The van der Waals surface area contributed by atoms with Crippen LogP contribution < -0.4 is 0 Å². The molecule has 1 aliphatic carbocycles. The van der Waals surface area contributed by atoms with E-state index in [1.54, 1.807) is 12.2 Å². The first-order valence-corrected chi connectivity index (χ1v) is 7.21. The van der Waals surface area contributed by atoms with Gasteiger partial charge in [-0.05, 0) is 19.3 Å². The zero-order valence-corrected chi connectivity index (χ0v) is 11.4. The quantitative estimate of drug-likeness (QED) is 0.442. The Morgan fingerprint density at radius 2 is 1.85 bits per heavy atom. The van der Waals surface area contributed by atoms with E-state index in [4.69, 9.17) is 14.2 Å². The van der Waals surface area contributed by atoms with Gasteiger partial charge in [-0.3, -0.25) is 0 Å². The van der Waals surface area contributed by atoms with E-state index in [9.17, 15) is 10.2 Å². The van der Waals surface area contributed by atoms with E-state index < -0.39 is 30.7 Å². The van der Waals surface area contributed by atoms with Gasteiger partial charge >= 0.3 is 0 Å². The molecule has 0 aromatic heterocycles. The molecule has 2 saturated heterocycles. The third-order valence-corrected chi connectivity index (χ3v) is 4.52. The van der Waals surface area contributed by atoms with Crippen LogP contribution in [0.3, 0.4) is 0 Å². The monoisotopic (exact) mass is 282 g/mol. The van der Waals surface area contributed by atoms with Crippen molar-refractivity contribution in [1.82, 2.24) is 0 Å². The first-order chi connectivity index (χ1) is 9.63. The number of aliphatic hydroxyl groups is 2. The van der Waals surface area contributed by atoms with Crippen LogP contribution in [0.1, 0.15) is 19.3 Å². The fraction of sp³-hybridized carbons (Fsp3) is 0.733. The summed E-state index contributed by atoms with van der Waals surface area (Å²) in [5.74, 6) is 0.0548. The van der Waals surface area contributed by atoms with Gasteiger partial charge in [-0.25, -0.2) is 0 Å². The molecule has 0 aromatic carbocycles. The lowest BCUT2D eigenvalue weighted by Gasteiger charge is -2.29. The van der Waals surface area contributed by atoms with Gasteiger partial charge in [0.05, 0.1) is 12.2 Å². The van der Waals surface area contributed by atoms with E-state index in [1.165, 1.54) is 0 Å². The summed E-state index contributed by atoms with van der Waals surface area (Å²) < 4.78 is 16.7. The zero-order chi connectivity index (χ0) is 14.3. The fourth-order valence-corrected chi connectivity index (χ4v) is 3.23. The van der Waals surface area contributed by atoms with Crippen molar-refractivity contribution in [2.24, 2.45) is 5.92 Å². The maximum Gasteiger partial charge on any atom is 0.158 e. The molecule has 2 aliphatic heterocycles. The van der Waals surface area contributed by atoms with Crippen molar-refractivity contribution < 1.29 is 24.4 Å². The predicted octanol–water partition coefficient (Wildman–Crippen LogP) is 0.758. The first-order valence-electron chi connectivity index (χ1n) is 7.21. The topological polar surface area (TPSA) is 71.5 Å². The SMILES string of the molecule is C=CC1OC(C=C)C(OC(O)C2CCC3OC3C2)C1O. The third-order valence-electron chi connectivity index (χ3n) is 4.52. The van der Waals surface area contributed by atoms with Crippen molar-refractivity contribution in [2.75, 3.05) is 0 Å². The van der Waals surface area contributed by atoms with Gasteiger partial charge in [0.25, 0.3) is 0 Å². The number of epoxide rings is 1. The minimum atomic E-state index is -0.908. The second kappa shape index (κ2) is 5.58. The fourth-order valence-electron chi connectivity index (χ4n) is 3.23. The highest BCUT2D eigenvalue weighted by Crippen LogP contribution is 2.41. The van der Waals surface area contributed by atoms with Gasteiger partial charge < -0.3 is 24.4 Å². The minimum Gasteiger partial charge on any atom is -0.387 e. The Hall–Kier alpha value is -0.720. The number of fused-ring (bicyclic) bond motifs is 1. The van der Waals surface area contributed by atoms with Crippen LogP contribution in [0.4, 0.5) is 0 Å². The van der Waals surface area contributed by atoms with E-state index in [0.29, 0.717) is 6.10 Å². The normalized spacial score (nSPS) is 48.4. The molecule has 5 nitrogen and oxygen atoms in total. The lowest BCUT2D eigenvalue weighted by molar-refractivity contribution is -0.190. The molecule has 0 bridgehead atoms. The van der Waals surface area contributed by atoms with Crippen LogP contribution >= 0.6 is 0 Å². The molecule has 2 heterocycles. The molecule has 3 fully saturated rings. The molecule has 0 radical (unpaired) electrons. The summed E-state index contributed by atoms with van der Waals surface area (Å²) in [6.45, 7) is 7.31. The highest BCUT2D eigenvalue weighted by Gasteiger charge is 2.48.